The Morgan fingerprint density at radius 2 is 1.83 bits per heavy atom. The van der Waals surface area contributed by atoms with Gasteiger partial charge in [-0.1, -0.05) is 30.3 Å². The number of alkyl halides is 2. The quantitative estimate of drug-likeness (QED) is 0.586. The van der Waals surface area contributed by atoms with Gasteiger partial charge in [-0.05, 0) is 49.6 Å². The average molecular weight is 398 g/mol. The highest BCUT2D eigenvalue weighted by atomic mass is 19.3. The van der Waals surface area contributed by atoms with Crippen molar-refractivity contribution in [2.75, 3.05) is 0 Å². The van der Waals surface area contributed by atoms with Crippen molar-refractivity contribution in [3.05, 3.63) is 71.6 Å². The zero-order valence-corrected chi connectivity index (χ0v) is 15.8. The number of carbonyl (C=O) groups is 1. The van der Waals surface area contributed by atoms with Gasteiger partial charge >= 0.3 is 6.61 Å². The minimum atomic E-state index is -2.87. The van der Waals surface area contributed by atoms with Gasteiger partial charge in [0.2, 0.25) is 5.89 Å². The molecule has 0 spiro atoms. The molecule has 150 valence electrons. The van der Waals surface area contributed by atoms with E-state index in [0.717, 1.165) is 24.0 Å². The van der Waals surface area contributed by atoms with Crippen LogP contribution in [0.3, 0.4) is 0 Å². The SMILES string of the molecule is CC(NC(=O)c1nc(-c2ccccc2)oc1C1CC1)c1ccc(OC(F)F)cc1. The Balaban J connectivity index is 1.51. The van der Waals surface area contributed by atoms with E-state index in [9.17, 15) is 13.6 Å². The van der Waals surface area contributed by atoms with Crippen molar-refractivity contribution >= 4 is 5.91 Å². The second kappa shape index (κ2) is 8.03. The van der Waals surface area contributed by atoms with Crippen LogP contribution >= 0.6 is 0 Å². The molecule has 1 atom stereocenters. The molecule has 1 amide bonds. The topological polar surface area (TPSA) is 64.4 Å². The summed E-state index contributed by atoms with van der Waals surface area (Å²) in [5, 5.41) is 2.91. The summed E-state index contributed by atoms with van der Waals surface area (Å²) in [4.78, 5) is 17.3. The number of benzene rings is 2. The third-order valence-corrected chi connectivity index (χ3v) is 4.79. The molecule has 3 aromatic rings. The van der Waals surface area contributed by atoms with Gasteiger partial charge in [-0.15, -0.1) is 0 Å². The van der Waals surface area contributed by atoms with E-state index < -0.39 is 6.61 Å². The summed E-state index contributed by atoms with van der Waals surface area (Å²) >= 11 is 0. The van der Waals surface area contributed by atoms with Gasteiger partial charge in [0.25, 0.3) is 5.91 Å². The lowest BCUT2D eigenvalue weighted by Crippen LogP contribution is -2.27. The number of amides is 1. The molecule has 2 aromatic carbocycles. The summed E-state index contributed by atoms with van der Waals surface area (Å²) in [6.07, 6.45) is 1.95. The first kappa shape index (κ1) is 19.1. The van der Waals surface area contributed by atoms with Crippen LogP contribution in [0.5, 0.6) is 5.75 Å². The summed E-state index contributed by atoms with van der Waals surface area (Å²) in [6.45, 7) is -1.06. The Morgan fingerprint density at radius 3 is 2.45 bits per heavy atom. The minimum absolute atomic E-state index is 0.0716. The van der Waals surface area contributed by atoms with E-state index in [4.69, 9.17) is 4.42 Å². The molecule has 1 aliphatic rings. The molecule has 4 rings (SSSR count). The summed E-state index contributed by atoms with van der Waals surface area (Å²) in [5.74, 6) is 1.02. The largest absolute Gasteiger partial charge is 0.440 e. The molecule has 1 fully saturated rings. The number of halogens is 2. The number of ether oxygens (including phenoxy) is 1. The predicted molar refractivity (Wildman–Crippen MR) is 103 cm³/mol. The van der Waals surface area contributed by atoms with Crippen LogP contribution in [0.25, 0.3) is 11.5 Å². The van der Waals surface area contributed by atoms with Crippen molar-refractivity contribution in [1.29, 1.82) is 0 Å². The molecular weight excluding hydrogens is 378 g/mol. The van der Waals surface area contributed by atoms with E-state index in [0.29, 0.717) is 17.3 Å². The number of rotatable bonds is 7. The third-order valence-electron chi connectivity index (χ3n) is 4.79. The summed E-state index contributed by atoms with van der Waals surface area (Å²) in [7, 11) is 0. The average Bonchev–Trinajstić information content (AvgIpc) is 3.46. The first-order valence-electron chi connectivity index (χ1n) is 9.43. The van der Waals surface area contributed by atoms with E-state index in [1.807, 2.05) is 37.3 Å². The Kier molecular flexibility index (Phi) is 5.29. The van der Waals surface area contributed by atoms with E-state index >= 15 is 0 Å². The van der Waals surface area contributed by atoms with Crippen molar-refractivity contribution in [2.24, 2.45) is 0 Å². The number of oxazole rings is 1. The number of carbonyl (C=O) groups excluding carboxylic acids is 1. The van der Waals surface area contributed by atoms with Gasteiger partial charge in [-0.25, -0.2) is 4.98 Å². The molecule has 29 heavy (non-hydrogen) atoms. The number of nitrogens with zero attached hydrogens (tertiary/aromatic N) is 1. The molecule has 1 aromatic heterocycles. The van der Waals surface area contributed by atoms with E-state index in [2.05, 4.69) is 15.0 Å². The van der Waals surface area contributed by atoms with Gasteiger partial charge in [0, 0.05) is 11.5 Å². The monoisotopic (exact) mass is 398 g/mol. The zero-order chi connectivity index (χ0) is 20.4. The number of hydrogen-bond acceptors (Lipinski definition) is 4. The lowest BCUT2D eigenvalue weighted by Gasteiger charge is -2.14. The molecular formula is C22H20F2N2O3. The summed E-state index contributed by atoms with van der Waals surface area (Å²) in [5.41, 5.74) is 1.88. The third kappa shape index (κ3) is 4.45. The number of hydrogen-bond donors (Lipinski definition) is 1. The van der Waals surface area contributed by atoms with Crippen LogP contribution in [-0.2, 0) is 0 Å². The molecule has 1 unspecified atom stereocenters. The maximum Gasteiger partial charge on any atom is 0.387 e. The predicted octanol–water partition coefficient (Wildman–Crippen LogP) is 5.31. The smallest absolute Gasteiger partial charge is 0.387 e. The van der Waals surface area contributed by atoms with Crippen molar-refractivity contribution in [1.82, 2.24) is 10.3 Å². The second-order valence-corrected chi connectivity index (χ2v) is 7.01. The summed E-state index contributed by atoms with van der Waals surface area (Å²) < 4.78 is 34.8. The van der Waals surface area contributed by atoms with E-state index in [-0.39, 0.29) is 23.6 Å². The fraction of sp³-hybridized carbons (Fsp3) is 0.273. The molecule has 0 aliphatic heterocycles. The fourth-order valence-corrected chi connectivity index (χ4v) is 3.11. The maximum atomic E-state index is 12.9. The van der Waals surface area contributed by atoms with Crippen molar-refractivity contribution in [2.45, 2.75) is 38.3 Å². The Labute approximate surface area is 166 Å². The molecule has 7 heteroatoms. The first-order chi connectivity index (χ1) is 14.0. The highest BCUT2D eigenvalue weighted by Crippen LogP contribution is 2.43. The maximum absolute atomic E-state index is 12.9. The molecule has 1 N–H and O–H groups in total. The first-order valence-corrected chi connectivity index (χ1v) is 9.43. The molecule has 5 nitrogen and oxygen atoms in total. The van der Waals surface area contributed by atoms with Gasteiger partial charge in [0.15, 0.2) is 5.69 Å². The van der Waals surface area contributed by atoms with Crippen LogP contribution in [0.4, 0.5) is 8.78 Å². The highest BCUT2D eigenvalue weighted by Gasteiger charge is 2.34. The number of aromatic nitrogens is 1. The molecule has 0 bridgehead atoms. The van der Waals surface area contributed by atoms with E-state index in [1.54, 1.807) is 12.1 Å². The fourth-order valence-electron chi connectivity index (χ4n) is 3.11. The number of nitrogens with one attached hydrogen (secondary N) is 1. The Hall–Kier alpha value is -3.22. The van der Waals surface area contributed by atoms with Crippen LogP contribution in [0.1, 0.15) is 53.5 Å². The lowest BCUT2D eigenvalue weighted by molar-refractivity contribution is -0.0498. The molecule has 0 saturated heterocycles. The van der Waals surface area contributed by atoms with Crippen LogP contribution in [-0.4, -0.2) is 17.5 Å². The molecule has 1 aliphatic carbocycles. The van der Waals surface area contributed by atoms with E-state index in [1.165, 1.54) is 12.1 Å². The van der Waals surface area contributed by atoms with Gasteiger partial charge in [-0.2, -0.15) is 8.78 Å². The Morgan fingerprint density at radius 1 is 1.14 bits per heavy atom. The molecule has 1 saturated carbocycles. The normalized spacial score (nSPS) is 14.6. The van der Waals surface area contributed by atoms with Crippen LogP contribution < -0.4 is 10.1 Å². The van der Waals surface area contributed by atoms with Crippen molar-refractivity contribution < 1.29 is 22.7 Å². The highest BCUT2D eigenvalue weighted by molar-refractivity contribution is 5.94. The summed E-state index contributed by atoms with van der Waals surface area (Å²) in [6, 6.07) is 15.3. The van der Waals surface area contributed by atoms with Gasteiger partial charge < -0.3 is 14.5 Å². The molecule has 0 radical (unpaired) electrons. The van der Waals surface area contributed by atoms with Crippen LogP contribution in [0.2, 0.25) is 0 Å². The van der Waals surface area contributed by atoms with Gasteiger partial charge in [-0.3, -0.25) is 4.79 Å². The van der Waals surface area contributed by atoms with Crippen LogP contribution in [0.15, 0.2) is 59.0 Å². The van der Waals surface area contributed by atoms with Crippen LogP contribution in [0, 0.1) is 0 Å². The molecule has 1 heterocycles. The minimum Gasteiger partial charge on any atom is -0.440 e. The second-order valence-electron chi connectivity index (χ2n) is 7.01. The van der Waals surface area contributed by atoms with Crippen molar-refractivity contribution in [3.8, 4) is 17.2 Å². The zero-order valence-electron chi connectivity index (χ0n) is 15.8. The Bertz CT molecular complexity index is 983. The van der Waals surface area contributed by atoms with Gasteiger partial charge in [0.05, 0.1) is 6.04 Å². The van der Waals surface area contributed by atoms with Crippen molar-refractivity contribution in [3.63, 3.8) is 0 Å². The van der Waals surface area contributed by atoms with Gasteiger partial charge in [0.1, 0.15) is 11.5 Å². The standard InChI is InChI=1S/C22H20F2N2O3/c1-13(14-9-11-17(12-10-14)28-22(23)24)25-20(27)18-19(15-7-8-15)29-21(26-18)16-5-3-2-4-6-16/h2-6,9-13,15,22H,7-8H2,1H3,(H,25,27). The lowest BCUT2D eigenvalue weighted by atomic mass is 10.1.